The molecule has 0 saturated heterocycles. The van der Waals surface area contributed by atoms with Crippen molar-refractivity contribution in [2.45, 2.75) is 33.4 Å². The summed E-state index contributed by atoms with van der Waals surface area (Å²) in [6, 6.07) is 12.5. The van der Waals surface area contributed by atoms with Crippen LogP contribution in [-0.4, -0.2) is 29.1 Å². The molecule has 1 heterocycles. The van der Waals surface area contributed by atoms with E-state index in [1.165, 1.54) is 16.7 Å². The minimum atomic E-state index is 0.0523. The molecular weight excluding hydrogens is 328 g/mol. The summed E-state index contributed by atoms with van der Waals surface area (Å²) in [5.41, 5.74) is 6.83. The first-order valence-electron chi connectivity index (χ1n) is 8.57. The molecule has 2 aromatic rings. The van der Waals surface area contributed by atoms with Gasteiger partial charge in [-0.1, -0.05) is 52.7 Å². The molecule has 0 N–H and O–H groups in total. The normalized spacial score (nSPS) is 13.9. The van der Waals surface area contributed by atoms with Gasteiger partial charge in [0, 0.05) is 17.9 Å². The monoisotopic (exact) mass is 352 g/mol. The van der Waals surface area contributed by atoms with Gasteiger partial charge in [-0.15, -0.1) is 0 Å². The van der Waals surface area contributed by atoms with Gasteiger partial charge in [-0.05, 0) is 51.0 Å². The number of aliphatic imine (C=N–C) groups is 1. The number of thioether (sulfide) groups is 1. The SMILES string of the molecule is Cc1cc(C)cc(C(=O)N2CCN=C2SCc2cc(C)ccc2C)c1. The maximum atomic E-state index is 12.9. The third kappa shape index (κ3) is 4.13. The lowest BCUT2D eigenvalue weighted by Crippen LogP contribution is -2.33. The number of carbonyl (C=O) groups excluding carboxylic acids is 1. The molecule has 3 rings (SSSR count). The van der Waals surface area contributed by atoms with Gasteiger partial charge in [-0.3, -0.25) is 14.7 Å². The Bertz CT molecular complexity index is 822. The molecule has 0 radical (unpaired) electrons. The first-order chi connectivity index (χ1) is 11.9. The van der Waals surface area contributed by atoms with Gasteiger partial charge >= 0.3 is 0 Å². The zero-order chi connectivity index (χ0) is 18.0. The summed E-state index contributed by atoms with van der Waals surface area (Å²) in [7, 11) is 0. The van der Waals surface area contributed by atoms with Crippen molar-refractivity contribution in [3.05, 3.63) is 69.8 Å². The van der Waals surface area contributed by atoms with Crippen LogP contribution in [0, 0.1) is 27.7 Å². The Labute approximate surface area is 154 Å². The third-order valence-electron chi connectivity index (χ3n) is 4.38. The van der Waals surface area contributed by atoms with E-state index in [0.717, 1.165) is 27.6 Å². The van der Waals surface area contributed by atoms with Gasteiger partial charge in [0.25, 0.3) is 5.91 Å². The van der Waals surface area contributed by atoms with Crippen molar-refractivity contribution in [2.75, 3.05) is 13.1 Å². The van der Waals surface area contributed by atoms with Crippen LogP contribution in [0.5, 0.6) is 0 Å². The quantitative estimate of drug-likeness (QED) is 0.804. The zero-order valence-corrected chi connectivity index (χ0v) is 16.1. The number of rotatable bonds is 3. The van der Waals surface area contributed by atoms with E-state index in [1.807, 2.05) is 30.9 Å². The van der Waals surface area contributed by atoms with Crippen LogP contribution in [0.25, 0.3) is 0 Å². The van der Waals surface area contributed by atoms with Crippen LogP contribution in [0.1, 0.15) is 38.2 Å². The van der Waals surface area contributed by atoms with Crippen LogP contribution in [-0.2, 0) is 5.75 Å². The number of nitrogens with zero attached hydrogens (tertiary/aromatic N) is 2. The average Bonchev–Trinajstić information content (AvgIpc) is 3.02. The molecule has 0 saturated carbocycles. The van der Waals surface area contributed by atoms with E-state index in [4.69, 9.17) is 0 Å². The van der Waals surface area contributed by atoms with E-state index in [9.17, 15) is 4.79 Å². The number of hydrogen-bond acceptors (Lipinski definition) is 3. The molecule has 3 nitrogen and oxygen atoms in total. The Morgan fingerprint density at radius 1 is 1.04 bits per heavy atom. The molecule has 0 unspecified atom stereocenters. The maximum absolute atomic E-state index is 12.9. The van der Waals surface area contributed by atoms with Gasteiger partial charge in [0.2, 0.25) is 0 Å². The molecule has 2 aromatic carbocycles. The summed E-state index contributed by atoms with van der Waals surface area (Å²) < 4.78 is 0. The third-order valence-corrected chi connectivity index (χ3v) is 5.44. The molecule has 0 bridgehead atoms. The molecule has 1 amide bonds. The van der Waals surface area contributed by atoms with Gasteiger partial charge in [0.1, 0.15) is 0 Å². The second-order valence-electron chi connectivity index (χ2n) is 6.72. The summed E-state index contributed by atoms with van der Waals surface area (Å²) in [4.78, 5) is 19.3. The van der Waals surface area contributed by atoms with Crippen molar-refractivity contribution in [1.29, 1.82) is 0 Å². The zero-order valence-electron chi connectivity index (χ0n) is 15.3. The second kappa shape index (κ2) is 7.44. The van der Waals surface area contributed by atoms with Crippen molar-refractivity contribution >= 4 is 22.8 Å². The highest BCUT2D eigenvalue weighted by atomic mass is 32.2. The van der Waals surface area contributed by atoms with Crippen LogP contribution in [0.15, 0.2) is 41.4 Å². The average molecular weight is 353 g/mol. The largest absolute Gasteiger partial charge is 0.286 e. The lowest BCUT2D eigenvalue weighted by molar-refractivity contribution is 0.0860. The lowest BCUT2D eigenvalue weighted by Gasteiger charge is -2.19. The van der Waals surface area contributed by atoms with Crippen LogP contribution >= 0.6 is 11.8 Å². The van der Waals surface area contributed by atoms with Crippen molar-refractivity contribution in [1.82, 2.24) is 4.90 Å². The number of amides is 1. The van der Waals surface area contributed by atoms with Crippen molar-refractivity contribution in [3.63, 3.8) is 0 Å². The number of benzene rings is 2. The minimum absolute atomic E-state index is 0.0523. The van der Waals surface area contributed by atoms with E-state index in [-0.39, 0.29) is 5.91 Å². The summed E-state index contributed by atoms with van der Waals surface area (Å²) in [5, 5.41) is 0.838. The molecule has 0 aliphatic carbocycles. The Balaban J connectivity index is 1.74. The number of carbonyl (C=O) groups is 1. The van der Waals surface area contributed by atoms with Crippen LogP contribution in [0.3, 0.4) is 0 Å². The van der Waals surface area contributed by atoms with Gasteiger partial charge in [-0.25, -0.2) is 0 Å². The fourth-order valence-corrected chi connectivity index (χ4v) is 4.20. The van der Waals surface area contributed by atoms with Crippen LogP contribution < -0.4 is 0 Å². The van der Waals surface area contributed by atoms with E-state index < -0.39 is 0 Å². The highest BCUT2D eigenvalue weighted by Gasteiger charge is 2.25. The van der Waals surface area contributed by atoms with Gasteiger partial charge in [0.05, 0.1) is 6.54 Å². The second-order valence-corrected chi connectivity index (χ2v) is 7.66. The van der Waals surface area contributed by atoms with E-state index >= 15 is 0 Å². The standard InChI is InChI=1S/C21H24N2OS/c1-14-5-6-17(4)19(10-14)13-25-21-22-7-8-23(21)20(24)18-11-15(2)9-16(3)12-18/h5-6,9-12H,7-8,13H2,1-4H3. The molecule has 1 aliphatic rings. The summed E-state index contributed by atoms with van der Waals surface area (Å²) in [5.74, 6) is 0.889. The predicted molar refractivity (Wildman–Crippen MR) is 106 cm³/mol. The fourth-order valence-electron chi connectivity index (χ4n) is 3.09. The Hall–Kier alpha value is -2.07. The molecular formula is C21H24N2OS. The molecule has 4 heteroatoms. The Morgan fingerprint density at radius 3 is 2.48 bits per heavy atom. The smallest absolute Gasteiger partial charge is 0.259 e. The van der Waals surface area contributed by atoms with Gasteiger partial charge < -0.3 is 0 Å². The molecule has 1 aliphatic heterocycles. The van der Waals surface area contributed by atoms with Gasteiger partial charge in [0.15, 0.2) is 5.17 Å². The van der Waals surface area contributed by atoms with Crippen molar-refractivity contribution in [2.24, 2.45) is 4.99 Å². The van der Waals surface area contributed by atoms with Crippen molar-refractivity contribution < 1.29 is 4.79 Å². The first kappa shape index (κ1) is 17.7. The summed E-state index contributed by atoms with van der Waals surface area (Å²) in [6.45, 7) is 9.64. The van der Waals surface area contributed by atoms with Crippen LogP contribution in [0.2, 0.25) is 0 Å². The lowest BCUT2D eigenvalue weighted by atomic mass is 10.1. The Kier molecular flexibility index (Phi) is 5.28. The predicted octanol–water partition coefficient (Wildman–Crippen LogP) is 4.67. The number of aryl methyl sites for hydroxylation is 4. The van der Waals surface area contributed by atoms with Crippen LogP contribution in [0.4, 0.5) is 0 Å². The molecule has 0 aromatic heterocycles. The fraction of sp³-hybridized carbons (Fsp3) is 0.333. The maximum Gasteiger partial charge on any atom is 0.259 e. The molecule has 130 valence electrons. The highest BCUT2D eigenvalue weighted by molar-refractivity contribution is 8.13. The topological polar surface area (TPSA) is 32.7 Å². The van der Waals surface area contributed by atoms with Gasteiger partial charge in [-0.2, -0.15) is 0 Å². The summed E-state index contributed by atoms with van der Waals surface area (Å²) in [6.07, 6.45) is 0. The Morgan fingerprint density at radius 2 is 1.76 bits per heavy atom. The molecule has 25 heavy (non-hydrogen) atoms. The molecule has 0 spiro atoms. The van der Waals surface area contributed by atoms with E-state index in [2.05, 4.69) is 43.1 Å². The first-order valence-corrected chi connectivity index (χ1v) is 9.56. The van der Waals surface area contributed by atoms with Crippen molar-refractivity contribution in [3.8, 4) is 0 Å². The summed E-state index contributed by atoms with van der Waals surface area (Å²) >= 11 is 1.65. The van der Waals surface area contributed by atoms with E-state index in [1.54, 1.807) is 11.8 Å². The highest BCUT2D eigenvalue weighted by Crippen LogP contribution is 2.24. The molecule has 0 atom stereocenters. The number of hydrogen-bond donors (Lipinski definition) is 0. The minimum Gasteiger partial charge on any atom is -0.286 e. The number of amidine groups is 1. The molecule has 0 fully saturated rings. The van der Waals surface area contributed by atoms with E-state index in [0.29, 0.717) is 13.1 Å².